The molecular weight excluding hydrogens is 340 g/mol. The molecule has 0 radical (unpaired) electrons. The Morgan fingerprint density at radius 1 is 1.15 bits per heavy atom. The van der Waals surface area contributed by atoms with Gasteiger partial charge < -0.3 is 15.5 Å². The zero-order valence-corrected chi connectivity index (χ0v) is 15.9. The minimum Gasteiger partial charge on any atom is -0.351 e. The maximum Gasteiger partial charge on any atom is 0.270 e. The zero-order valence-electron chi connectivity index (χ0n) is 15.9. The Labute approximate surface area is 158 Å². The van der Waals surface area contributed by atoms with Crippen LogP contribution in [0.1, 0.15) is 22.7 Å². The number of fused-ring (bicyclic) bond motifs is 1. The highest BCUT2D eigenvalue weighted by Gasteiger charge is 2.11. The highest BCUT2D eigenvalue weighted by molar-refractivity contribution is 5.94. The number of benzene rings is 1. The molecular formula is C20H24N6O. The van der Waals surface area contributed by atoms with Crippen molar-refractivity contribution in [1.29, 1.82) is 0 Å². The maximum absolute atomic E-state index is 12.4. The van der Waals surface area contributed by atoms with Crippen molar-refractivity contribution in [2.24, 2.45) is 0 Å². The summed E-state index contributed by atoms with van der Waals surface area (Å²) < 4.78 is 0. The number of aromatic nitrogens is 3. The quantitative estimate of drug-likeness (QED) is 0.627. The Kier molecular flexibility index (Phi) is 5.93. The summed E-state index contributed by atoms with van der Waals surface area (Å²) in [4.78, 5) is 27.6. The first-order chi connectivity index (χ1) is 13.0. The Bertz CT molecular complexity index is 935. The van der Waals surface area contributed by atoms with E-state index in [0.29, 0.717) is 23.9 Å². The molecule has 2 N–H and O–H groups in total. The molecule has 0 spiro atoms. The number of rotatable bonds is 7. The van der Waals surface area contributed by atoms with Crippen LogP contribution in [0, 0.1) is 6.92 Å². The summed E-state index contributed by atoms with van der Waals surface area (Å²) in [6, 6.07) is 11.5. The molecule has 7 heteroatoms. The van der Waals surface area contributed by atoms with Gasteiger partial charge in [0.05, 0.1) is 11.2 Å². The van der Waals surface area contributed by atoms with Gasteiger partial charge in [-0.15, -0.1) is 0 Å². The Morgan fingerprint density at radius 3 is 2.78 bits per heavy atom. The number of amides is 1. The molecule has 0 aliphatic rings. The van der Waals surface area contributed by atoms with Gasteiger partial charge in [0.25, 0.3) is 5.91 Å². The van der Waals surface area contributed by atoms with Crippen LogP contribution in [-0.2, 0) is 0 Å². The summed E-state index contributed by atoms with van der Waals surface area (Å²) in [5.74, 6) is 0.907. The standard InChI is InChI=1S/C20H24N6O/c1-14-23-17(20(27)22-11-6-12-26(2)3)13-18(24-14)25-16-9-4-7-15-8-5-10-21-19(15)16/h4-5,7-10,13H,6,11-12H2,1-3H3,(H,22,27)(H,23,24,25). The second-order valence-corrected chi connectivity index (χ2v) is 6.60. The van der Waals surface area contributed by atoms with E-state index in [-0.39, 0.29) is 5.91 Å². The maximum atomic E-state index is 12.4. The van der Waals surface area contributed by atoms with Crippen molar-refractivity contribution in [3.05, 3.63) is 54.1 Å². The first-order valence-electron chi connectivity index (χ1n) is 8.92. The molecule has 3 rings (SSSR count). The van der Waals surface area contributed by atoms with Gasteiger partial charge in [0.15, 0.2) is 0 Å². The number of para-hydroxylation sites is 1. The lowest BCUT2D eigenvalue weighted by Crippen LogP contribution is -2.28. The van der Waals surface area contributed by atoms with Crippen LogP contribution in [0.2, 0.25) is 0 Å². The predicted molar refractivity (Wildman–Crippen MR) is 107 cm³/mol. The fraction of sp³-hybridized carbons (Fsp3) is 0.300. The van der Waals surface area contributed by atoms with Crippen LogP contribution < -0.4 is 10.6 Å². The van der Waals surface area contributed by atoms with Crippen LogP contribution in [-0.4, -0.2) is 52.9 Å². The molecule has 7 nitrogen and oxygen atoms in total. The molecule has 0 fully saturated rings. The van der Waals surface area contributed by atoms with Crippen LogP contribution in [0.4, 0.5) is 11.5 Å². The lowest BCUT2D eigenvalue weighted by Gasteiger charge is -2.11. The van der Waals surface area contributed by atoms with Crippen molar-refractivity contribution in [2.75, 3.05) is 32.5 Å². The van der Waals surface area contributed by atoms with E-state index in [1.165, 1.54) is 0 Å². The van der Waals surface area contributed by atoms with Gasteiger partial charge in [0.1, 0.15) is 17.3 Å². The van der Waals surface area contributed by atoms with Gasteiger partial charge in [-0.3, -0.25) is 9.78 Å². The molecule has 1 aromatic carbocycles. The number of nitrogens with one attached hydrogen (secondary N) is 2. The van der Waals surface area contributed by atoms with Gasteiger partial charge in [0.2, 0.25) is 0 Å². The van der Waals surface area contributed by atoms with E-state index in [1.54, 1.807) is 19.2 Å². The molecule has 27 heavy (non-hydrogen) atoms. The van der Waals surface area contributed by atoms with Crippen molar-refractivity contribution in [3.8, 4) is 0 Å². The number of carbonyl (C=O) groups is 1. The van der Waals surface area contributed by atoms with Crippen molar-refractivity contribution in [3.63, 3.8) is 0 Å². The van der Waals surface area contributed by atoms with Gasteiger partial charge in [-0.25, -0.2) is 9.97 Å². The van der Waals surface area contributed by atoms with Gasteiger partial charge in [-0.05, 0) is 46.1 Å². The lowest BCUT2D eigenvalue weighted by molar-refractivity contribution is 0.0947. The normalized spacial score (nSPS) is 11.0. The Morgan fingerprint density at radius 2 is 1.96 bits per heavy atom. The van der Waals surface area contributed by atoms with E-state index in [1.807, 2.05) is 44.4 Å². The predicted octanol–water partition coefficient (Wildman–Crippen LogP) is 2.76. The number of hydrogen-bond acceptors (Lipinski definition) is 6. The van der Waals surface area contributed by atoms with Crippen LogP contribution in [0.25, 0.3) is 10.9 Å². The Balaban J connectivity index is 1.76. The highest BCUT2D eigenvalue weighted by Crippen LogP contribution is 2.24. The number of carbonyl (C=O) groups excluding carboxylic acids is 1. The molecule has 0 aliphatic heterocycles. The van der Waals surface area contributed by atoms with Crippen molar-refractivity contribution in [2.45, 2.75) is 13.3 Å². The van der Waals surface area contributed by atoms with E-state index >= 15 is 0 Å². The minimum absolute atomic E-state index is 0.196. The van der Waals surface area contributed by atoms with Gasteiger partial charge in [0, 0.05) is 24.2 Å². The Hall–Kier alpha value is -3.06. The van der Waals surface area contributed by atoms with E-state index in [2.05, 4.69) is 30.5 Å². The summed E-state index contributed by atoms with van der Waals surface area (Å²) in [5, 5.41) is 7.21. The molecule has 0 bridgehead atoms. The zero-order chi connectivity index (χ0) is 19.2. The summed E-state index contributed by atoms with van der Waals surface area (Å²) >= 11 is 0. The minimum atomic E-state index is -0.196. The van der Waals surface area contributed by atoms with Crippen LogP contribution in [0.3, 0.4) is 0 Å². The molecule has 0 saturated carbocycles. The number of hydrogen-bond donors (Lipinski definition) is 2. The smallest absolute Gasteiger partial charge is 0.270 e. The van der Waals surface area contributed by atoms with Gasteiger partial charge in [-0.1, -0.05) is 18.2 Å². The summed E-state index contributed by atoms with van der Waals surface area (Å²) in [6.45, 7) is 3.30. The van der Waals surface area contributed by atoms with Crippen LogP contribution in [0.15, 0.2) is 42.6 Å². The first kappa shape index (κ1) is 18.7. The van der Waals surface area contributed by atoms with Crippen molar-refractivity contribution < 1.29 is 4.79 Å². The third-order valence-electron chi connectivity index (χ3n) is 4.03. The third-order valence-corrected chi connectivity index (χ3v) is 4.03. The number of nitrogens with zero attached hydrogens (tertiary/aromatic N) is 4. The van der Waals surface area contributed by atoms with E-state index in [9.17, 15) is 4.79 Å². The van der Waals surface area contributed by atoms with E-state index in [0.717, 1.165) is 29.6 Å². The molecule has 0 aliphatic carbocycles. The molecule has 1 amide bonds. The largest absolute Gasteiger partial charge is 0.351 e. The van der Waals surface area contributed by atoms with E-state index < -0.39 is 0 Å². The second kappa shape index (κ2) is 8.55. The monoisotopic (exact) mass is 364 g/mol. The average molecular weight is 364 g/mol. The molecule has 140 valence electrons. The molecule has 0 atom stereocenters. The molecule has 0 saturated heterocycles. The van der Waals surface area contributed by atoms with Crippen molar-refractivity contribution in [1.82, 2.24) is 25.2 Å². The molecule has 3 aromatic rings. The lowest BCUT2D eigenvalue weighted by atomic mass is 10.2. The topological polar surface area (TPSA) is 83.0 Å². The van der Waals surface area contributed by atoms with Gasteiger partial charge >= 0.3 is 0 Å². The number of aryl methyl sites for hydroxylation is 1. The molecule has 0 unspecified atom stereocenters. The molecule has 2 aromatic heterocycles. The number of pyridine rings is 1. The highest BCUT2D eigenvalue weighted by atomic mass is 16.1. The second-order valence-electron chi connectivity index (χ2n) is 6.60. The average Bonchev–Trinajstić information content (AvgIpc) is 2.65. The fourth-order valence-corrected chi connectivity index (χ4v) is 2.78. The number of anilines is 2. The van der Waals surface area contributed by atoms with Crippen LogP contribution in [0.5, 0.6) is 0 Å². The van der Waals surface area contributed by atoms with Crippen molar-refractivity contribution >= 4 is 28.3 Å². The SMILES string of the molecule is Cc1nc(Nc2cccc3cccnc23)cc(C(=O)NCCCN(C)C)n1. The first-order valence-corrected chi connectivity index (χ1v) is 8.92. The van der Waals surface area contributed by atoms with E-state index in [4.69, 9.17) is 0 Å². The fourth-order valence-electron chi connectivity index (χ4n) is 2.78. The summed E-state index contributed by atoms with van der Waals surface area (Å²) in [5.41, 5.74) is 2.04. The third kappa shape index (κ3) is 4.98. The summed E-state index contributed by atoms with van der Waals surface area (Å²) in [6.07, 6.45) is 2.64. The molecule has 2 heterocycles. The van der Waals surface area contributed by atoms with Gasteiger partial charge in [-0.2, -0.15) is 0 Å². The van der Waals surface area contributed by atoms with Crippen LogP contribution >= 0.6 is 0 Å². The summed E-state index contributed by atoms with van der Waals surface area (Å²) in [7, 11) is 4.02.